The Kier molecular flexibility index (Phi) is 3.61. The van der Waals surface area contributed by atoms with Crippen molar-refractivity contribution in [3.63, 3.8) is 0 Å². The van der Waals surface area contributed by atoms with Crippen LogP contribution in [0.15, 0.2) is 4.99 Å². The smallest absolute Gasteiger partial charge is 0.252 e. The number of aliphatic imine (C=N–C) groups is 1. The molecule has 2 rings (SSSR count). The molecule has 5 heteroatoms. The van der Waals surface area contributed by atoms with Crippen molar-refractivity contribution in [2.45, 2.75) is 58.3 Å². The van der Waals surface area contributed by atoms with Gasteiger partial charge in [0.15, 0.2) is 5.96 Å². The van der Waals surface area contributed by atoms with Crippen LogP contribution < -0.4 is 10.6 Å². The van der Waals surface area contributed by atoms with Crippen LogP contribution in [0.1, 0.15) is 40.5 Å². The van der Waals surface area contributed by atoms with E-state index in [4.69, 9.17) is 4.74 Å². The highest BCUT2D eigenvalue weighted by Gasteiger charge is 2.49. The zero-order valence-corrected chi connectivity index (χ0v) is 11.6. The Labute approximate surface area is 108 Å². The third kappa shape index (κ3) is 2.66. The summed E-state index contributed by atoms with van der Waals surface area (Å²) >= 11 is 0. The van der Waals surface area contributed by atoms with Crippen LogP contribution in [0.2, 0.25) is 0 Å². The third-order valence-corrected chi connectivity index (χ3v) is 3.38. The first-order valence-corrected chi connectivity index (χ1v) is 6.71. The van der Waals surface area contributed by atoms with E-state index < -0.39 is 5.54 Å². The fraction of sp³-hybridized carbons (Fsp3) is 0.846. The van der Waals surface area contributed by atoms with Crippen molar-refractivity contribution in [3.05, 3.63) is 0 Å². The van der Waals surface area contributed by atoms with Gasteiger partial charge in [0.05, 0.1) is 12.2 Å². The first kappa shape index (κ1) is 13.3. The second-order valence-electron chi connectivity index (χ2n) is 5.91. The average Bonchev–Trinajstić information content (AvgIpc) is 2.51. The van der Waals surface area contributed by atoms with Crippen LogP contribution in [0.4, 0.5) is 0 Å². The van der Waals surface area contributed by atoms with Crippen LogP contribution >= 0.6 is 0 Å². The minimum absolute atomic E-state index is 0.0343. The van der Waals surface area contributed by atoms with Gasteiger partial charge in [-0.3, -0.25) is 15.1 Å². The molecule has 102 valence electrons. The number of hydrogen-bond donors (Lipinski definition) is 2. The van der Waals surface area contributed by atoms with E-state index in [1.54, 1.807) is 0 Å². The highest BCUT2D eigenvalue weighted by atomic mass is 16.5. The quantitative estimate of drug-likeness (QED) is 0.773. The van der Waals surface area contributed by atoms with Crippen LogP contribution in [-0.4, -0.2) is 36.2 Å². The molecule has 2 heterocycles. The van der Waals surface area contributed by atoms with Crippen molar-refractivity contribution in [1.82, 2.24) is 10.6 Å². The first-order chi connectivity index (χ1) is 8.41. The van der Waals surface area contributed by atoms with E-state index in [2.05, 4.69) is 29.5 Å². The molecule has 2 atom stereocenters. The molecule has 1 amide bonds. The predicted octanol–water partition coefficient (Wildman–Crippen LogP) is 1.04. The summed E-state index contributed by atoms with van der Waals surface area (Å²) in [6, 6.07) is 0. The lowest BCUT2D eigenvalue weighted by Crippen LogP contribution is -2.55. The summed E-state index contributed by atoms with van der Waals surface area (Å²) < 4.78 is 5.69. The van der Waals surface area contributed by atoms with Gasteiger partial charge < -0.3 is 10.1 Å². The monoisotopic (exact) mass is 253 g/mol. The molecule has 1 spiro atoms. The second-order valence-corrected chi connectivity index (χ2v) is 5.91. The summed E-state index contributed by atoms with van der Waals surface area (Å²) in [6.07, 6.45) is 1.58. The number of rotatable bonds is 2. The molecule has 0 saturated carbocycles. The van der Waals surface area contributed by atoms with Crippen molar-refractivity contribution in [1.29, 1.82) is 0 Å². The van der Waals surface area contributed by atoms with E-state index in [9.17, 15) is 4.79 Å². The van der Waals surface area contributed by atoms with Gasteiger partial charge >= 0.3 is 0 Å². The first-order valence-electron chi connectivity index (χ1n) is 6.71. The zero-order valence-electron chi connectivity index (χ0n) is 11.6. The van der Waals surface area contributed by atoms with Crippen molar-refractivity contribution >= 4 is 11.9 Å². The summed E-state index contributed by atoms with van der Waals surface area (Å²) in [7, 11) is 0. The van der Waals surface area contributed by atoms with E-state index in [1.807, 2.05) is 13.8 Å². The van der Waals surface area contributed by atoms with Crippen molar-refractivity contribution < 1.29 is 9.53 Å². The highest BCUT2D eigenvalue weighted by Crippen LogP contribution is 2.31. The number of carbonyl (C=O) groups is 1. The van der Waals surface area contributed by atoms with Crippen molar-refractivity contribution in [3.8, 4) is 0 Å². The molecule has 2 fully saturated rings. The van der Waals surface area contributed by atoms with E-state index in [-0.39, 0.29) is 18.1 Å². The van der Waals surface area contributed by atoms with Gasteiger partial charge in [0.2, 0.25) is 0 Å². The average molecular weight is 253 g/mol. The van der Waals surface area contributed by atoms with Gasteiger partial charge in [-0.05, 0) is 19.8 Å². The Bertz CT molecular complexity index is 355. The molecule has 2 aliphatic heterocycles. The third-order valence-electron chi connectivity index (χ3n) is 3.38. The Balaban J connectivity index is 2.10. The number of ether oxygens (including phenoxy) is 1. The Hall–Kier alpha value is -1.10. The summed E-state index contributed by atoms with van der Waals surface area (Å²) in [6.45, 7) is 8.95. The van der Waals surface area contributed by atoms with Gasteiger partial charge in [0.1, 0.15) is 5.54 Å². The number of nitrogens with zero attached hydrogens (tertiary/aromatic N) is 1. The molecular formula is C13H23N3O2. The maximum Gasteiger partial charge on any atom is 0.252 e. The molecule has 0 aromatic carbocycles. The van der Waals surface area contributed by atoms with Crippen LogP contribution in [0.25, 0.3) is 0 Å². The highest BCUT2D eigenvalue weighted by molar-refractivity contribution is 6.09. The van der Waals surface area contributed by atoms with Crippen molar-refractivity contribution in [2.24, 2.45) is 10.9 Å². The van der Waals surface area contributed by atoms with Gasteiger partial charge in [-0.1, -0.05) is 13.8 Å². The maximum absolute atomic E-state index is 12.2. The Morgan fingerprint density at radius 1 is 1.39 bits per heavy atom. The fourth-order valence-corrected chi connectivity index (χ4v) is 2.74. The molecule has 0 aromatic heterocycles. The zero-order chi connectivity index (χ0) is 13.3. The van der Waals surface area contributed by atoms with Gasteiger partial charge in [0, 0.05) is 19.4 Å². The molecular weight excluding hydrogens is 230 g/mol. The summed E-state index contributed by atoms with van der Waals surface area (Å²) in [5.41, 5.74) is -0.521. The Morgan fingerprint density at radius 3 is 2.56 bits per heavy atom. The predicted molar refractivity (Wildman–Crippen MR) is 70.4 cm³/mol. The molecule has 0 bridgehead atoms. The maximum atomic E-state index is 12.2. The lowest BCUT2D eigenvalue weighted by molar-refractivity contribution is -0.133. The molecule has 2 saturated heterocycles. The van der Waals surface area contributed by atoms with Crippen LogP contribution in [0, 0.1) is 5.92 Å². The molecule has 0 aliphatic carbocycles. The minimum atomic E-state index is -0.521. The van der Waals surface area contributed by atoms with Gasteiger partial charge in [-0.25, -0.2) is 0 Å². The van der Waals surface area contributed by atoms with E-state index >= 15 is 0 Å². The standard InChI is InChI=1S/C13H23N3O2/c1-8(2)7-14-12-15-11(17)13(16-12)5-9(3)18-10(4)6-13/h8-10H,5-7H2,1-4H3,(H2,14,15,16,17). The molecule has 2 N–H and O–H groups in total. The SMILES string of the molecule is CC(C)CN=C1NC(=O)C2(CC(C)OC(C)C2)N1. The van der Waals surface area contributed by atoms with Gasteiger partial charge in [-0.15, -0.1) is 0 Å². The number of hydrogen-bond acceptors (Lipinski definition) is 3. The largest absolute Gasteiger partial charge is 0.375 e. The van der Waals surface area contributed by atoms with Crippen LogP contribution in [-0.2, 0) is 9.53 Å². The molecule has 0 radical (unpaired) electrons. The normalized spacial score (nSPS) is 38.3. The van der Waals surface area contributed by atoms with Gasteiger partial charge in [-0.2, -0.15) is 0 Å². The van der Waals surface area contributed by atoms with Crippen molar-refractivity contribution in [2.75, 3.05) is 6.54 Å². The Morgan fingerprint density at radius 2 is 2.00 bits per heavy atom. The number of guanidine groups is 1. The van der Waals surface area contributed by atoms with E-state index in [0.717, 1.165) is 6.54 Å². The van der Waals surface area contributed by atoms with E-state index in [0.29, 0.717) is 24.7 Å². The molecule has 2 unspecified atom stereocenters. The fourth-order valence-electron chi connectivity index (χ4n) is 2.74. The number of carbonyl (C=O) groups excluding carboxylic acids is 1. The van der Waals surface area contributed by atoms with Crippen LogP contribution in [0.5, 0.6) is 0 Å². The lowest BCUT2D eigenvalue weighted by Gasteiger charge is -2.38. The summed E-state index contributed by atoms with van der Waals surface area (Å²) in [5, 5.41) is 6.14. The topological polar surface area (TPSA) is 62.7 Å². The molecule has 2 aliphatic rings. The van der Waals surface area contributed by atoms with E-state index in [1.165, 1.54) is 0 Å². The second kappa shape index (κ2) is 4.88. The summed E-state index contributed by atoms with van der Waals surface area (Å²) in [5.74, 6) is 1.14. The summed E-state index contributed by atoms with van der Waals surface area (Å²) in [4.78, 5) is 16.6. The number of nitrogens with one attached hydrogen (secondary N) is 2. The molecule has 0 aromatic rings. The molecule has 18 heavy (non-hydrogen) atoms. The minimum Gasteiger partial charge on any atom is -0.375 e. The lowest BCUT2D eigenvalue weighted by atomic mass is 9.84. The molecule has 5 nitrogen and oxygen atoms in total. The number of amides is 1. The van der Waals surface area contributed by atoms with Crippen LogP contribution in [0.3, 0.4) is 0 Å². The van der Waals surface area contributed by atoms with Gasteiger partial charge in [0.25, 0.3) is 5.91 Å².